The molecule has 1 amide bonds. The highest BCUT2D eigenvalue weighted by Gasteiger charge is 2.47. The highest BCUT2D eigenvalue weighted by atomic mass is 19.4. The van der Waals surface area contributed by atoms with E-state index in [-0.39, 0.29) is 16.8 Å². The van der Waals surface area contributed by atoms with Crippen molar-refractivity contribution in [2.45, 2.75) is 12.4 Å². The predicted molar refractivity (Wildman–Crippen MR) is 117 cm³/mol. The maximum atomic E-state index is 13.1. The largest absolute Gasteiger partial charge is 0.573 e. The molecule has 1 saturated heterocycles. The van der Waals surface area contributed by atoms with E-state index in [1.54, 1.807) is 48.5 Å². The summed E-state index contributed by atoms with van der Waals surface area (Å²) in [6.45, 7) is 0. The van der Waals surface area contributed by atoms with Crippen LogP contribution < -0.4 is 14.4 Å². The van der Waals surface area contributed by atoms with Crippen LogP contribution >= 0.6 is 0 Å². The molecular weight excluding hydrogens is 451 g/mol. The van der Waals surface area contributed by atoms with Crippen LogP contribution in [0.1, 0.15) is 17.2 Å². The molecule has 0 saturated carbocycles. The number of ketones is 1. The number of carbonyl (C=O) groups excluding carboxylic acids is 2. The van der Waals surface area contributed by atoms with Crippen molar-refractivity contribution in [1.82, 2.24) is 0 Å². The summed E-state index contributed by atoms with van der Waals surface area (Å²) in [6.07, 6.45) is -4.93. The fraction of sp³-hybridized carbons (Fsp3) is 0.120. The van der Waals surface area contributed by atoms with Crippen molar-refractivity contribution >= 4 is 23.1 Å². The van der Waals surface area contributed by atoms with Crippen LogP contribution in [0.25, 0.3) is 5.76 Å². The number of aliphatic hydroxyl groups is 1. The van der Waals surface area contributed by atoms with Crippen LogP contribution in [0, 0.1) is 0 Å². The molecule has 4 rings (SSSR count). The molecule has 34 heavy (non-hydrogen) atoms. The quantitative estimate of drug-likeness (QED) is 0.315. The molecule has 0 spiro atoms. The number of Topliss-reactive ketones (excluding diaryl/α,β-unsaturated/α-hetero) is 1. The van der Waals surface area contributed by atoms with Crippen LogP contribution in [0.4, 0.5) is 18.9 Å². The molecule has 1 fully saturated rings. The molecule has 1 N–H and O–H groups in total. The third-order valence-corrected chi connectivity index (χ3v) is 5.23. The molecule has 9 heteroatoms. The predicted octanol–water partition coefficient (Wildman–Crippen LogP) is 5.22. The van der Waals surface area contributed by atoms with Crippen molar-refractivity contribution in [3.8, 4) is 11.5 Å². The van der Waals surface area contributed by atoms with E-state index in [1.165, 1.54) is 25.3 Å². The summed E-state index contributed by atoms with van der Waals surface area (Å²) in [7, 11) is 1.44. The van der Waals surface area contributed by atoms with Crippen LogP contribution in [0.5, 0.6) is 11.5 Å². The Hall–Kier alpha value is -4.27. The Balaban J connectivity index is 1.89. The number of benzene rings is 3. The van der Waals surface area contributed by atoms with E-state index < -0.39 is 35.6 Å². The Kier molecular flexibility index (Phi) is 6.02. The summed E-state index contributed by atoms with van der Waals surface area (Å²) in [4.78, 5) is 27.3. The molecule has 0 aromatic heterocycles. The molecule has 0 radical (unpaired) electrons. The van der Waals surface area contributed by atoms with Gasteiger partial charge in [0.15, 0.2) is 0 Å². The molecule has 1 heterocycles. The van der Waals surface area contributed by atoms with E-state index in [9.17, 15) is 27.9 Å². The number of rotatable bonds is 5. The Morgan fingerprint density at radius 2 is 1.59 bits per heavy atom. The number of nitrogens with zero attached hydrogens (tertiary/aromatic N) is 1. The zero-order valence-corrected chi connectivity index (χ0v) is 17.7. The van der Waals surface area contributed by atoms with E-state index in [0.29, 0.717) is 11.3 Å². The Bertz CT molecular complexity index is 1270. The minimum absolute atomic E-state index is 0.00222. The molecule has 1 atom stereocenters. The van der Waals surface area contributed by atoms with Gasteiger partial charge < -0.3 is 14.6 Å². The number of hydrogen-bond acceptors (Lipinski definition) is 5. The molecule has 3 aromatic carbocycles. The lowest BCUT2D eigenvalue weighted by Gasteiger charge is -2.26. The zero-order valence-electron chi connectivity index (χ0n) is 17.7. The summed E-state index contributed by atoms with van der Waals surface area (Å²) in [6, 6.07) is 18.4. The third-order valence-electron chi connectivity index (χ3n) is 5.23. The van der Waals surface area contributed by atoms with Crippen molar-refractivity contribution in [1.29, 1.82) is 0 Å². The second-order valence-electron chi connectivity index (χ2n) is 7.36. The average molecular weight is 469 g/mol. The number of methoxy groups -OCH3 is 1. The van der Waals surface area contributed by atoms with Crippen LogP contribution in [-0.4, -0.2) is 30.3 Å². The lowest BCUT2D eigenvalue weighted by atomic mass is 9.95. The van der Waals surface area contributed by atoms with Crippen molar-refractivity contribution in [2.75, 3.05) is 12.0 Å². The molecule has 0 aliphatic carbocycles. The normalized spacial score (nSPS) is 17.6. The van der Waals surface area contributed by atoms with Crippen molar-refractivity contribution < 1.29 is 37.3 Å². The van der Waals surface area contributed by atoms with Crippen LogP contribution in [0.15, 0.2) is 84.4 Å². The number of amides is 1. The standard InChI is InChI=1S/C25H18F3NO5/c1-33-18-11-5-9-16(13-18)22(30)20-21(15-7-3-2-4-8-15)29(24(32)23(20)31)17-10-6-12-19(14-17)34-25(26,27)28/h2-14,21,30H,1H3/b22-20+. The second kappa shape index (κ2) is 8.93. The van der Waals surface area contributed by atoms with Gasteiger partial charge in [0.1, 0.15) is 17.3 Å². The van der Waals surface area contributed by atoms with Crippen LogP contribution in [-0.2, 0) is 9.59 Å². The summed E-state index contributed by atoms with van der Waals surface area (Å²) in [5.41, 5.74) is 0.523. The fourth-order valence-corrected chi connectivity index (χ4v) is 3.81. The summed E-state index contributed by atoms with van der Waals surface area (Å²) in [5.74, 6) is -2.53. The van der Waals surface area contributed by atoms with Gasteiger partial charge in [-0.2, -0.15) is 0 Å². The first-order valence-electron chi connectivity index (χ1n) is 10.1. The first kappa shape index (κ1) is 22.9. The molecule has 0 bridgehead atoms. The van der Waals surface area contributed by atoms with E-state index in [2.05, 4.69) is 4.74 Å². The van der Waals surface area contributed by atoms with E-state index in [0.717, 1.165) is 17.0 Å². The van der Waals surface area contributed by atoms with Crippen LogP contribution in [0.3, 0.4) is 0 Å². The van der Waals surface area contributed by atoms with E-state index in [4.69, 9.17) is 4.74 Å². The van der Waals surface area contributed by atoms with Gasteiger partial charge in [-0.25, -0.2) is 0 Å². The van der Waals surface area contributed by atoms with Gasteiger partial charge in [-0.05, 0) is 29.8 Å². The fourth-order valence-electron chi connectivity index (χ4n) is 3.81. The zero-order chi connectivity index (χ0) is 24.5. The minimum atomic E-state index is -4.93. The number of carbonyl (C=O) groups is 2. The highest BCUT2D eigenvalue weighted by Crippen LogP contribution is 2.43. The number of hydrogen-bond donors (Lipinski definition) is 1. The van der Waals surface area contributed by atoms with E-state index in [1.807, 2.05) is 0 Å². The number of halogens is 3. The van der Waals surface area contributed by atoms with Gasteiger partial charge in [0, 0.05) is 17.3 Å². The highest BCUT2D eigenvalue weighted by molar-refractivity contribution is 6.51. The first-order chi connectivity index (χ1) is 16.2. The maximum absolute atomic E-state index is 13.1. The van der Waals surface area contributed by atoms with Crippen molar-refractivity contribution in [3.05, 3.63) is 95.6 Å². The number of aliphatic hydroxyl groups excluding tert-OH is 1. The molecular formula is C25H18F3NO5. The lowest BCUT2D eigenvalue weighted by Crippen LogP contribution is -2.29. The topological polar surface area (TPSA) is 76.1 Å². The molecule has 1 aliphatic rings. The maximum Gasteiger partial charge on any atom is 0.573 e. The van der Waals surface area contributed by atoms with E-state index >= 15 is 0 Å². The monoisotopic (exact) mass is 469 g/mol. The third kappa shape index (κ3) is 4.45. The molecule has 1 aliphatic heterocycles. The van der Waals surface area contributed by atoms with Gasteiger partial charge >= 0.3 is 6.36 Å². The SMILES string of the molecule is COc1cccc(/C(O)=C2\C(=O)C(=O)N(c3cccc(OC(F)(F)F)c3)C2c2ccccc2)c1. The first-order valence-corrected chi connectivity index (χ1v) is 10.1. The summed E-state index contributed by atoms with van der Waals surface area (Å²) >= 11 is 0. The van der Waals surface area contributed by atoms with Gasteiger partial charge in [0.05, 0.1) is 18.7 Å². The number of ether oxygens (including phenoxy) is 2. The number of alkyl halides is 3. The Morgan fingerprint density at radius 3 is 2.26 bits per heavy atom. The molecule has 3 aromatic rings. The van der Waals surface area contributed by atoms with Crippen molar-refractivity contribution in [3.63, 3.8) is 0 Å². The molecule has 174 valence electrons. The summed E-state index contributed by atoms with van der Waals surface area (Å²) < 4.78 is 47.4. The Morgan fingerprint density at radius 1 is 0.912 bits per heavy atom. The molecule has 6 nitrogen and oxygen atoms in total. The van der Waals surface area contributed by atoms with Crippen molar-refractivity contribution in [2.24, 2.45) is 0 Å². The summed E-state index contributed by atoms with van der Waals surface area (Å²) in [5, 5.41) is 11.1. The van der Waals surface area contributed by atoms with Gasteiger partial charge in [0.2, 0.25) is 0 Å². The average Bonchev–Trinajstić information content (AvgIpc) is 3.08. The minimum Gasteiger partial charge on any atom is -0.507 e. The van der Waals surface area contributed by atoms with Crippen LogP contribution in [0.2, 0.25) is 0 Å². The van der Waals surface area contributed by atoms with Gasteiger partial charge in [-0.1, -0.05) is 48.5 Å². The second-order valence-corrected chi connectivity index (χ2v) is 7.36. The Labute approximate surface area is 192 Å². The molecule has 1 unspecified atom stereocenters. The lowest BCUT2D eigenvalue weighted by molar-refractivity contribution is -0.274. The van der Waals surface area contributed by atoms with Gasteiger partial charge in [-0.3, -0.25) is 14.5 Å². The number of anilines is 1. The smallest absolute Gasteiger partial charge is 0.507 e. The van der Waals surface area contributed by atoms with Gasteiger partial charge in [-0.15, -0.1) is 13.2 Å². The van der Waals surface area contributed by atoms with Gasteiger partial charge in [0.25, 0.3) is 11.7 Å².